The van der Waals surface area contributed by atoms with E-state index in [0.717, 1.165) is 13.1 Å². The minimum Gasteiger partial charge on any atom is -0.244 e. The summed E-state index contributed by atoms with van der Waals surface area (Å²) >= 11 is 0. The first-order chi connectivity index (χ1) is 5.00. The molecule has 3 nitrogen and oxygen atoms in total. The molecule has 0 aromatic carbocycles. The maximum Gasteiger partial charge on any atom is 0.0294 e. The average Bonchev–Trinajstić information content (AvgIpc) is 2.01. The van der Waals surface area contributed by atoms with E-state index in [2.05, 4.69) is 28.5 Å². The van der Waals surface area contributed by atoms with Crippen LogP contribution in [0.2, 0.25) is 0 Å². The van der Waals surface area contributed by atoms with E-state index >= 15 is 0 Å². The zero-order valence-corrected chi connectivity index (χ0v) is 6.19. The number of allylic oxidation sites excluding steroid dienone is 1. The van der Waals surface area contributed by atoms with Gasteiger partial charge in [0, 0.05) is 13.1 Å². The Morgan fingerprint density at radius 3 is 3.00 bits per heavy atom. The first kappa shape index (κ1) is 7.72. The van der Waals surface area contributed by atoms with Gasteiger partial charge in [-0.05, 0) is 19.3 Å². The molecule has 0 bridgehead atoms. The molecule has 0 unspecified atom stereocenters. The first-order valence-corrected chi connectivity index (χ1v) is 3.86. The molecule has 0 aromatic rings. The molecular formula is C7H15N3. The van der Waals surface area contributed by atoms with Crippen LogP contribution in [0.15, 0.2) is 12.2 Å². The smallest absolute Gasteiger partial charge is 0.0294 e. The zero-order chi connectivity index (χ0) is 7.07. The lowest BCUT2D eigenvalue weighted by molar-refractivity contribution is 0.441. The fourth-order valence-corrected chi connectivity index (χ4v) is 0.912. The molecule has 3 N–H and O–H groups in total. The van der Waals surface area contributed by atoms with E-state index in [4.69, 9.17) is 0 Å². The number of hydrazine groups is 2. The van der Waals surface area contributed by atoms with Gasteiger partial charge in [-0.1, -0.05) is 12.2 Å². The molecule has 0 saturated carbocycles. The maximum absolute atomic E-state index is 3.06. The highest BCUT2D eigenvalue weighted by molar-refractivity contribution is 4.83. The summed E-state index contributed by atoms with van der Waals surface area (Å²) in [6.07, 6.45) is 8.09. The highest BCUT2D eigenvalue weighted by Crippen LogP contribution is 1.94. The van der Waals surface area contributed by atoms with Crippen LogP contribution in [0.4, 0.5) is 0 Å². The lowest BCUT2D eigenvalue weighted by Gasteiger charge is -2.07. The SMILES string of the molecule is C1=C/CNNNCCCC/1. The molecule has 0 amide bonds. The summed E-state index contributed by atoms with van der Waals surface area (Å²) in [4.78, 5) is 0. The number of hydrogen-bond donors (Lipinski definition) is 3. The lowest BCUT2D eigenvalue weighted by atomic mass is 10.2. The molecule has 0 spiro atoms. The van der Waals surface area contributed by atoms with Crippen LogP contribution in [-0.2, 0) is 0 Å². The monoisotopic (exact) mass is 141 g/mol. The Labute approximate surface area is 61.8 Å². The van der Waals surface area contributed by atoms with Gasteiger partial charge in [-0.15, -0.1) is 0 Å². The van der Waals surface area contributed by atoms with Crippen molar-refractivity contribution >= 4 is 0 Å². The van der Waals surface area contributed by atoms with Gasteiger partial charge in [0.15, 0.2) is 0 Å². The summed E-state index contributed by atoms with van der Waals surface area (Å²) in [6.45, 7) is 1.94. The predicted molar refractivity (Wildman–Crippen MR) is 42.1 cm³/mol. The van der Waals surface area contributed by atoms with Crippen LogP contribution in [-0.4, -0.2) is 13.1 Å². The second kappa shape index (κ2) is 5.41. The molecule has 58 valence electrons. The van der Waals surface area contributed by atoms with E-state index in [-0.39, 0.29) is 0 Å². The summed E-state index contributed by atoms with van der Waals surface area (Å²) in [7, 11) is 0. The van der Waals surface area contributed by atoms with Gasteiger partial charge < -0.3 is 0 Å². The third-order valence-electron chi connectivity index (χ3n) is 1.49. The molecule has 3 heteroatoms. The molecule has 0 radical (unpaired) electrons. The molecule has 0 aliphatic carbocycles. The van der Waals surface area contributed by atoms with Gasteiger partial charge in [-0.2, -0.15) is 5.53 Å². The molecule has 0 fully saturated rings. The van der Waals surface area contributed by atoms with Crippen LogP contribution in [0, 0.1) is 0 Å². The fourth-order valence-electron chi connectivity index (χ4n) is 0.912. The average molecular weight is 141 g/mol. The summed E-state index contributed by atoms with van der Waals surface area (Å²) in [5.41, 5.74) is 8.97. The van der Waals surface area contributed by atoms with Crippen molar-refractivity contribution in [2.75, 3.05) is 13.1 Å². The van der Waals surface area contributed by atoms with E-state index in [1.165, 1.54) is 19.3 Å². The Bertz CT molecular complexity index is 89.0. The normalized spacial score (nSPS) is 25.6. The first-order valence-electron chi connectivity index (χ1n) is 3.86. The van der Waals surface area contributed by atoms with Crippen molar-refractivity contribution in [1.29, 1.82) is 0 Å². The predicted octanol–water partition coefficient (Wildman–Crippen LogP) is 0.325. The van der Waals surface area contributed by atoms with E-state index in [0.29, 0.717) is 0 Å². The van der Waals surface area contributed by atoms with Gasteiger partial charge in [0.05, 0.1) is 0 Å². The third kappa shape index (κ3) is 3.61. The van der Waals surface area contributed by atoms with Crippen LogP contribution >= 0.6 is 0 Å². The summed E-state index contributed by atoms with van der Waals surface area (Å²) in [6, 6.07) is 0. The summed E-state index contributed by atoms with van der Waals surface area (Å²) in [5, 5.41) is 0. The van der Waals surface area contributed by atoms with E-state index in [1.54, 1.807) is 0 Å². The van der Waals surface area contributed by atoms with Crippen LogP contribution in [0.1, 0.15) is 19.3 Å². The molecular weight excluding hydrogens is 126 g/mol. The summed E-state index contributed by atoms with van der Waals surface area (Å²) < 4.78 is 0. The minimum atomic E-state index is 0.896. The lowest BCUT2D eigenvalue weighted by Crippen LogP contribution is -2.43. The highest BCUT2D eigenvalue weighted by atomic mass is 15.6. The molecule has 10 heavy (non-hydrogen) atoms. The molecule has 0 aromatic heterocycles. The molecule has 1 aliphatic heterocycles. The zero-order valence-electron chi connectivity index (χ0n) is 6.19. The van der Waals surface area contributed by atoms with Crippen LogP contribution < -0.4 is 16.4 Å². The van der Waals surface area contributed by atoms with Crippen molar-refractivity contribution in [2.24, 2.45) is 0 Å². The van der Waals surface area contributed by atoms with Crippen molar-refractivity contribution in [3.8, 4) is 0 Å². The Hall–Kier alpha value is -0.380. The van der Waals surface area contributed by atoms with Gasteiger partial charge in [-0.3, -0.25) is 0 Å². The van der Waals surface area contributed by atoms with Crippen LogP contribution in [0.25, 0.3) is 0 Å². The van der Waals surface area contributed by atoms with Gasteiger partial charge in [-0.25, -0.2) is 10.9 Å². The number of rotatable bonds is 0. The maximum atomic E-state index is 3.06. The molecule has 0 atom stereocenters. The second-order valence-electron chi connectivity index (χ2n) is 2.40. The fraction of sp³-hybridized carbons (Fsp3) is 0.714. The van der Waals surface area contributed by atoms with E-state index in [1.807, 2.05) is 0 Å². The molecule has 1 heterocycles. The largest absolute Gasteiger partial charge is 0.244 e. The Kier molecular flexibility index (Phi) is 4.18. The van der Waals surface area contributed by atoms with Gasteiger partial charge in [0.2, 0.25) is 0 Å². The molecule has 0 saturated heterocycles. The number of hydrogen-bond acceptors (Lipinski definition) is 3. The van der Waals surface area contributed by atoms with Crippen molar-refractivity contribution < 1.29 is 0 Å². The van der Waals surface area contributed by atoms with E-state index < -0.39 is 0 Å². The van der Waals surface area contributed by atoms with Gasteiger partial charge in [0.1, 0.15) is 0 Å². The van der Waals surface area contributed by atoms with Crippen LogP contribution in [0.3, 0.4) is 0 Å². The molecule has 1 aliphatic rings. The molecule has 1 rings (SSSR count). The minimum absolute atomic E-state index is 0.896. The van der Waals surface area contributed by atoms with Crippen molar-refractivity contribution in [3.05, 3.63) is 12.2 Å². The Morgan fingerprint density at radius 2 is 2.00 bits per heavy atom. The van der Waals surface area contributed by atoms with Crippen molar-refractivity contribution in [2.45, 2.75) is 19.3 Å². The van der Waals surface area contributed by atoms with Crippen LogP contribution in [0.5, 0.6) is 0 Å². The third-order valence-corrected chi connectivity index (χ3v) is 1.49. The Morgan fingerprint density at radius 1 is 1.00 bits per heavy atom. The quantitative estimate of drug-likeness (QED) is 0.425. The number of nitrogens with one attached hydrogen (secondary N) is 3. The topological polar surface area (TPSA) is 36.1 Å². The van der Waals surface area contributed by atoms with Gasteiger partial charge >= 0.3 is 0 Å². The van der Waals surface area contributed by atoms with E-state index in [9.17, 15) is 0 Å². The van der Waals surface area contributed by atoms with Gasteiger partial charge in [0.25, 0.3) is 0 Å². The summed E-state index contributed by atoms with van der Waals surface area (Å²) in [5.74, 6) is 0. The second-order valence-corrected chi connectivity index (χ2v) is 2.40. The highest BCUT2D eigenvalue weighted by Gasteiger charge is 1.88. The van der Waals surface area contributed by atoms with Crippen molar-refractivity contribution in [3.63, 3.8) is 0 Å². The Balaban J connectivity index is 2.13. The van der Waals surface area contributed by atoms with Crippen molar-refractivity contribution in [1.82, 2.24) is 16.4 Å². The standard InChI is InChI=1S/C7H15N3/c1-2-4-6-8-10-9-7-5-3-1/h2,4,8-10H,1,3,5-7H2/b4-2+.